The molecule has 0 fully saturated rings. The van der Waals surface area contributed by atoms with Gasteiger partial charge in [0.2, 0.25) is 0 Å². The highest BCUT2D eigenvalue weighted by Gasteiger charge is 1.96. The van der Waals surface area contributed by atoms with E-state index in [0.29, 0.717) is 6.42 Å². The van der Waals surface area contributed by atoms with E-state index in [0.717, 1.165) is 6.08 Å². The molecule has 0 saturated carbocycles. The van der Waals surface area contributed by atoms with Crippen molar-refractivity contribution in [1.82, 2.24) is 0 Å². The SMILES string of the molecule is C=C(CC)C(=O)O.C=CC(=O)O.C=Cc1ccccc1. The maximum atomic E-state index is 9.83. The maximum Gasteiger partial charge on any atom is 0.330 e. The molecule has 20 heavy (non-hydrogen) atoms. The first-order valence-electron chi connectivity index (χ1n) is 5.82. The lowest BCUT2D eigenvalue weighted by Gasteiger charge is -1.87. The van der Waals surface area contributed by atoms with Gasteiger partial charge >= 0.3 is 11.9 Å². The minimum Gasteiger partial charge on any atom is -0.478 e. The lowest BCUT2D eigenvalue weighted by atomic mass is 10.2. The van der Waals surface area contributed by atoms with Crippen molar-refractivity contribution in [1.29, 1.82) is 0 Å². The van der Waals surface area contributed by atoms with Gasteiger partial charge in [0.15, 0.2) is 0 Å². The number of aliphatic carboxylic acids is 2. The standard InChI is InChI=1S/C8H8.C5H8O2.C3H4O2/c1-2-8-6-4-3-5-7-8;1-3-4(2)5(6)7;1-2-3(4)5/h2-7H,1H2;2-3H2,1H3,(H,6,7);2H,1H2,(H,4,5). The summed E-state index contributed by atoms with van der Waals surface area (Å²) in [4.78, 5) is 19.1. The first kappa shape index (κ1) is 19.7. The number of rotatable bonds is 4. The molecule has 1 aromatic carbocycles. The van der Waals surface area contributed by atoms with Gasteiger partial charge < -0.3 is 10.2 Å². The van der Waals surface area contributed by atoms with Crippen LogP contribution in [0.1, 0.15) is 18.9 Å². The molecule has 0 aliphatic heterocycles. The van der Waals surface area contributed by atoms with Crippen molar-refractivity contribution < 1.29 is 19.8 Å². The second kappa shape index (κ2) is 12.8. The fourth-order valence-electron chi connectivity index (χ4n) is 0.740. The Morgan fingerprint density at radius 2 is 1.60 bits per heavy atom. The second-order valence-electron chi connectivity index (χ2n) is 3.42. The fourth-order valence-corrected chi connectivity index (χ4v) is 0.740. The summed E-state index contributed by atoms with van der Waals surface area (Å²) < 4.78 is 0. The van der Waals surface area contributed by atoms with E-state index in [4.69, 9.17) is 10.2 Å². The van der Waals surface area contributed by atoms with Crippen LogP contribution in [0.3, 0.4) is 0 Å². The van der Waals surface area contributed by atoms with E-state index in [1.807, 2.05) is 36.4 Å². The highest BCUT2D eigenvalue weighted by molar-refractivity contribution is 5.85. The van der Waals surface area contributed by atoms with Crippen LogP contribution in [0.4, 0.5) is 0 Å². The number of carbonyl (C=O) groups is 2. The van der Waals surface area contributed by atoms with Gasteiger partial charge in [-0.15, -0.1) is 0 Å². The van der Waals surface area contributed by atoms with Gasteiger partial charge in [0.05, 0.1) is 0 Å². The first-order valence-corrected chi connectivity index (χ1v) is 5.82. The van der Waals surface area contributed by atoms with Gasteiger partial charge in [-0.25, -0.2) is 9.59 Å². The summed E-state index contributed by atoms with van der Waals surface area (Å²) in [5.74, 6) is -1.88. The summed E-state index contributed by atoms with van der Waals surface area (Å²) in [7, 11) is 0. The van der Waals surface area contributed by atoms with Crippen LogP contribution in [0, 0.1) is 0 Å². The van der Waals surface area contributed by atoms with E-state index in [9.17, 15) is 9.59 Å². The average Bonchev–Trinajstić information content (AvgIpc) is 2.48. The van der Waals surface area contributed by atoms with Crippen molar-refractivity contribution >= 4 is 18.0 Å². The van der Waals surface area contributed by atoms with Crippen LogP contribution < -0.4 is 0 Å². The molecule has 0 heterocycles. The molecule has 108 valence electrons. The summed E-state index contributed by atoms with van der Waals surface area (Å²) in [6, 6.07) is 10.0. The largest absolute Gasteiger partial charge is 0.478 e. The van der Waals surface area contributed by atoms with Crippen molar-refractivity contribution in [2.45, 2.75) is 13.3 Å². The second-order valence-corrected chi connectivity index (χ2v) is 3.42. The van der Waals surface area contributed by atoms with Gasteiger partial charge in [0.25, 0.3) is 0 Å². The summed E-state index contributed by atoms with van der Waals surface area (Å²) >= 11 is 0. The Balaban J connectivity index is 0. The van der Waals surface area contributed by atoms with Crippen LogP contribution in [0.2, 0.25) is 0 Å². The Morgan fingerprint density at radius 1 is 1.15 bits per heavy atom. The molecule has 0 radical (unpaired) electrons. The molecule has 0 aliphatic rings. The molecular weight excluding hydrogens is 256 g/mol. The zero-order chi connectivity index (χ0) is 16.0. The van der Waals surface area contributed by atoms with E-state index in [2.05, 4.69) is 19.7 Å². The summed E-state index contributed by atoms with van der Waals surface area (Å²) in [6.45, 7) is 11.6. The van der Waals surface area contributed by atoms with E-state index >= 15 is 0 Å². The molecule has 0 amide bonds. The Bertz CT molecular complexity index is 447. The number of benzene rings is 1. The molecule has 0 unspecified atom stereocenters. The monoisotopic (exact) mass is 276 g/mol. The van der Waals surface area contributed by atoms with Gasteiger partial charge in [-0.1, -0.05) is 63.1 Å². The Labute approximate surface area is 119 Å². The van der Waals surface area contributed by atoms with Crippen LogP contribution in [0.5, 0.6) is 0 Å². The Morgan fingerprint density at radius 3 is 1.75 bits per heavy atom. The normalized spacial score (nSPS) is 7.85. The topological polar surface area (TPSA) is 74.6 Å². The van der Waals surface area contributed by atoms with Crippen molar-refractivity contribution in [3.8, 4) is 0 Å². The van der Waals surface area contributed by atoms with Gasteiger partial charge in [-0.2, -0.15) is 0 Å². The first-order chi connectivity index (χ1) is 9.38. The zero-order valence-electron chi connectivity index (χ0n) is 11.6. The predicted octanol–water partition coefficient (Wildman–Crippen LogP) is 3.62. The number of hydrogen-bond acceptors (Lipinski definition) is 2. The van der Waals surface area contributed by atoms with Gasteiger partial charge in [0, 0.05) is 11.6 Å². The van der Waals surface area contributed by atoms with Gasteiger partial charge in [-0.05, 0) is 12.0 Å². The minimum absolute atomic E-state index is 0.264. The molecule has 0 saturated heterocycles. The molecule has 1 rings (SSSR count). The van der Waals surface area contributed by atoms with E-state index < -0.39 is 11.9 Å². The molecule has 2 N–H and O–H groups in total. The summed E-state index contributed by atoms with van der Waals surface area (Å²) in [6.07, 6.45) is 3.19. The van der Waals surface area contributed by atoms with Crippen LogP contribution in [0.15, 0.2) is 61.7 Å². The van der Waals surface area contributed by atoms with E-state index in [1.54, 1.807) is 6.92 Å². The highest BCUT2D eigenvalue weighted by atomic mass is 16.4. The minimum atomic E-state index is -0.981. The maximum absolute atomic E-state index is 9.83. The van der Waals surface area contributed by atoms with Gasteiger partial charge in [-0.3, -0.25) is 0 Å². The third-order valence-corrected chi connectivity index (χ3v) is 1.94. The number of hydrogen-bond donors (Lipinski definition) is 2. The third kappa shape index (κ3) is 13.4. The summed E-state index contributed by atoms with van der Waals surface area (Å²) in [5.41, 5.74) is 1.44. The molecule has 1 aromatic rings. The fraction of sp³-hybridized carbons (Fsp3) is 0.125. The van der Waals surface area contributed by atoms with Crippen LogP contribution in [0.25, 0.3) is 6.08 Å². The predicted molar refractivity (Wildman–Crippen MR) is 81.4 cm³/mol. The van der Waals surface area contributed by atoms with Crippen LogP contribution in [-0.2, 0) is 9.59 Å². The zero-order valence-corrected chi connectivity index (χ0v) is 11.6. The molecule has 0 aliphatic carbocycles. The summed E-state index contributed by atoms with van der Waals surface area (Å²) in [5, 5.41) is 15.7. The van der Waals surface area contributed by atoms with Crippen molar-refractivity contribution in [2.24, 2.45) is 0 Å². The highest BCUT2D eigenvalue weighted by Crippen LogP contribution is 1.97. The quantitative estimate of drug-likeness (QED) is 0.823. The molecule has 0 aromatic heterocycles. The molecule has 4 heteroatoms. The average molecular weight is 276 g/mol. The lowest BCUT2D eigenvalue weighted by molar-refractivity contribution is -0.133. The van der Waals surface area contributed by atoms with E-state index in [-0.39, 0.29) is 5.57 Å². The molecule has 0 atom stereocenters. The Kier molecular flexibility index (Phi) is 12.6. The van der Waals surface area contributed by atoms with Crippen LogP contribution >= 0.6 is 0 Å². The van der Waals surface area contributed by atoms with Crippen molar-refractivity contribution in [2.75, 3.05) is 0 Å². The van der Waals surface area contributed by atoms with E-state index in [1.165, 1.54) is 5.56 Å². The van der Waals surface area contributed by atoms with Crippen LogP contribution in [-0.4, -0.2) is 22.2 Å². The number of carboxylic acids is 2. The van der Waals surface area contributed by atoms with Gasteiger partial charge in [0.1, 0.15) is 0 Å². The molecule has 0 spiro atoms. The number of carboxylic acid groups (broad SMARTS) is 2. The third-order valence-electron chi connectivity index (χ3n) is 1.94. The van der Waals surface area contributed by atoms with Crippen molar-refractivity contribution in [3.05, 3.63) is 67.3 Å². The molecule has 0 bridgehead atoms. The smallest absolute Gasteiger partial charge is 0.330 e. The molecular formula is C16H20O4. The molecule has 4 nitrogen and oxygen atoms in total. The Hall–Kier alpha value is -2.62. The van der Waals surface area contributed by atoms with Crippen molar-refractivity contribution in [3.63, 3.8) is 0 Å². The lowest BCUT2D eigenvalue weighted by Crippen LogP contribution is -1.95.